The number of hydrazone groups is 2. The molecule has 4 aromatic rings. The van der Waals surface area contributed by atoms with E-state index in [1.165, 1.54) is 32.7 Å². The van der Waals surface area contributed by atoms with Crippen molar-refractivity contribution in [2.45, 2.75) is 12.8 Å². The molecule has 6 rings (SSSR count). The van der Waals surface area contributed by atoms with E-state index in [2.05, 4.69) is 95.1 Å². The topological polar surface area (TPSA) is 58.9 Å². The van der Waals surface area contributed by atoms with E-state index in [1.807, 2.05) is 0 Å². The van der Waals surface area contributed by atoms with Crippen LogP contribution in [0.25, 0.3) is 21.5 Å². The van der Waals surface area contributed by atoms with Crippen molar-refractivity contribution in [3.05, 3.63) is 96.1 Å². The highest BCUT2D eigenvalue weighted by Crippen LogP contribution is 2.22. The van der Waals surface area contributed by atoms with Crippen molar-refractivity contribution < 1.29 is 14.2 Å². The summed E-state index contributed by atoms with van der Waals surface area (Å²) in [5.41, 5.74) is 2.40. The van der Waals surface area contributed by atoms with Gasteiger partial charge in [0.1, 0.15) is 13.5 Å². The Morgan fingerprint density at radius 2 is 1.06 bits per heavy atom. The molecule has 176 valence electrons. The molecule has 0 radical (unpaired) electrons. The highest BCUT2D eigenvalue weighted by Gasteiger charge is 2.19. The summed E-state index contributed by atoms with van der Waals surface area (Å²) in [4.78, 5) is 0. The normalized spacial score (nSPS) is 15.3. The highest BCUT2D eigenvalue weighted by molar-refractivity contribution is 5.91. The van der Waals surface area contributed by atoms with Gasteiger partial charge in [-0.25, -0.2) is 10.0 Å². The summed E-state index contributed by atoms with van der Waals surface area (Å²) in [5, 5.41) is 17.6. The van der Waals surface area contributed by atoms with Crippen LogP contribution in [-0.2, 0) is 27.1 Å². The maximum atomic E-state index is 5.82. The molecule has 0 amide bonds. The summed E-state index contributed by atoms with van der Waals surface area (Å²) in [5.74, 6) is 1.40. The van der Waals surface area contributed by atoms with Gasteiger partial charge in [0.2, 0.25) is 11.8 Å². The fourth-order valence-corrected chi connectivity index (χ4v) is 4.50. The van der Waals surface area contributed by atoms with Crippen molar-refractivity contribution >= 4 is 33.3 Å². The molecule has 0 bridgehead atoms. The van der Waals surface area contributed by atoms with E-state index >= 15 is 0 Å². The lowest BCUT2D eigenvalue weighted by molar-refractivity contribution is -0.0503. The lowest BCUT2D eigenvalue weighted by atomic mass is 10.0. The molecule has 0 saturated heterocycles. The molecule has 2 aliphatic heterocycles. The van der Waals surface area contributed by atoms with Crippen LogP contribution < -0.4 is 0 Å². The minimum atomic E-state index is 0.323. The van der Waals surface area contributed by atoms with Crippen molar-refractivity contribution in [3.63, 3.8) is 0 Å². The average Bonchev–Trinajstić information content (AvgIpc) is 3.54. The van der Waals surface area contributed by atoms with Crippen LogP contribution in [0.15, 0.2) is 95.1 Å². The Hall–Kier alpha value is -4.10. The fraction of sp³-hybridized carbons (Fsp3) is 0.214. The van der Waals surface area contributed by atoms with Gasteiger partial charge in [-0.05, 0) is 32.7 Å². The first-order valence-electron chi connectivity index (χ1n) is 11.7. The summed E-state index contributed by atoms with van der Waals surface area (Å²) >= 11 is 0. The van der Waals surface area contributed by atoms with Crippen LogP contribution in [0.4, 0.5) is 0 Å². The molecule has 0 atom stereocenters. The molecule has 4 aromatic carbocycles. The number of rotatable bonds is 8. The van der Waals surface area contributed by atoms with E-state index in [0.717, 1.165) is 0 Å². The monoisotopic (exact) mass is 466 g/mol. The SMILES string of the molecule is c1ccc2c(CC3=NN(COCN4COC(Cc5cccc6ccccc56)=N4)CO3)cccc2c1. The predicted octanol–water partition coefficient (Wildman–Crippen LogP) is 4.92. The smallest absolute Gasteiger partial charge is 0.212 e. The van der Waals surface area contributed by atoms with E-state index in [9.17, 15) is 0 Å². The Balaban J connectivity index is 1.01. The Morgan fingerprint density at radius 3 is 1.57 bits per heavy atom. The van der Waals surface area contributed by atoms with Gasteiger partial charge >= 0.3 is 0 Å². The molecule has 0 N–H and O–H groups in total. The van der Waals surface area contributed by atoms with E-state index in [0.29, 0.717) is 51.6 Å². The van der Waals surface area contributed by atoms with E-state index in [1.54, 1.807) is 10.0 Å². The molecule has 2 aliphatic rings. The standard InChI is InChI=1S/C28H26N4O3/c1-3-13-25-21(7-1)9-5-11-23(25)15-27-29-31(19-34-27)17-33-18-32-20-35-28(30-32)16-24-12-6-10-22-8-2-4-14-26(22)24/h1-14H,15-20H2. The molecule has 0 fully saturated rings. The van der Waals surface area contributed by atoms with Crippen molar-refractivity contribution in [2.24, 2.45) is 10.2 Å². The Labute approximate surface area is 203 Å². The number of fused-ring (bicyclic) bond motifs is 2. The van der Waals surface area contributed by atoms with Gasteiger partial charge in [0.05, 0.1) is 12.8 Å². The number of hydrogen-bond acceptors (Lipinski definition) is 7. The summed E-state index contributed by atoms with van der Waals surface area (Å²) in [7, 11) is 0. The third-order valence-corrected chi connectivity index (χ3v) is 6.19. The largest absolute Gasteiger partial charge is 0.456 e. The quantitative estimate of drug-likeness (QED) is 0.369. The predicted molar refractivity (Wildman–Crippen MR) is 137 cm³/mol. The summed E-state index contributed by atoms with van der Waals surface area (Å²) in [6.45, 7) is 1.41. The second-order valence-electron chi connectivity index (χ2n) is 8.64. The first-order valence-corrected chi connectivity index (χ1v) is 11.7. The maximum absolute atomic E-state index is 5.82. The summed E-state index contributed by atoms with van der Waals surface area (Å²) in [6.07, 6.45) is 1.30. The number of ether oxygens (including phenoxy) is 3. The zero-order valence-electron chi connectivity index (χ0n) is 19.3. The van der Waals surface area contributed by atoms with Gasteiger partial charge in [-0.3, -0.25) is 0 Å². The van der Waals surface area contributed by atoms with Crippen LogP contribution in [0.2, 0.25) is 0 Å². The number of benzene rings is 4. The van der Waals surface area contributed by atoms with Crippen molar-refractivity contribution in [1.82, 2.24) is 10.0 Å². The van der Waals surface area contributed by atoms with Crippen molar-refractivity contribution in [1.29, 1.82) is 0 Å². The summed E-state index contributed by atoms with van der Waals surface area (Å²) in [6, 6.07) is 29.3. The highest BCUT2D eigenvalue weighted by atomic mass is 16.6. The third-order valence-electron chi connectivity index (χ3n) is 6.19. The molecule has 7 heteroatoms. The van der Waals surface area contributed by atoms with Gasteiger partial charge in [0, 0.05) is 0 Å². The molecule has 0 aliphatic carbocycles. The lowest BCUT2D eigenvalue weighted by Crippen LogP contribution is -2.25. The average molecular weight is 467 g/mol. The minimum Gasteiger partial charge on any atom is -0.456 e. The van der Waals surface area contributed by atoms with Crippen LogP contribution in [0.5, 0.6) is 0 Å². The molecular weight excluding hydrogens is 440 g/mol. The van der Waals surface area contributed by atoms with Crippen molar-refractivity contribution in [3.8, 4) is 0 Å². The fourth-order valence-electron chi connectivity index (χ4n) is 4.50. The second kappa shape index (κ2) is 9.64. The van der Waals surface area contributed by atoms with Gasteiger partial charge < -0.3 is 14.2 Å². The van der Waals surface area contributed by atoms with Gasteiger partial charge in [-0.2, -0.15) is 0 Å². The minimum absolute atomic E-state index is 0.323. The zero-order valence-corrected chi connectivity index (χ0v) is 19.3. The van der Waals surface area contributed by atoms with Gasteiger partial charge in [-0.15, -0.1) is 10.2 Å². The molecule has 7 nitrogen and oxygen atoms in total. The second-order valence-corrected chi connectivity index (χ2v) is 8.64. The van der Waals surface area contributed by atoms with Crippen LogP contribution in [-0.4, -0.2) is 48.7 Å². The first kappa shape index (κ1) is 21.4. The molecule has 0 spiro atoms. The van der Waals surface area contributed by atoms with Gasteiger partial charge in [0.25, 0.3) is 0 Å². The van der Waals surface area contributed by atoms with Crippen LogP contribution in [0.3, 0.4) is 0 Å². The molecule has 0 unspecified atom stereocenters. The summed E-state index contributed by atoms with van der Waals surface area (Å²) < 4.78 is 17.4. The first-order chi connectivity index (χ1) is 17.3. The molecular formula is C28H26N4O3. The Bertz CT molecular complexity index is 1300. The third kappa shape index (κ3) is 4.76. The number of nitrogens with zero attached hydrogens (tertiary/aromatic N) is 4. The van der Waals surface area contributed by atoms with Gasteiger partial charge in [0.15, 0.2) is 13.5 Å². The van der Waals surface area contributed by atoms with E-state index in [-0.39, 0.29) is 0 Å². The number of hydrogen-bond donors (Lipinski definition) is 0. The molecule has 2 heterocycles. The Morgan fingerprint density at radius 1 is 0.600 bits per heavy atom. The van der Waals surface area contributed by atoms with Crippen LogP contribution in [0.1, 0.15) is 11.1 Å². The van der Waals surface area contributed by atoms with Gasteiger partial charge in [-0.1, -0.05) is 84.9 Å². The Kier molecular flexibility index (Phi) is 5.90. The molecule has 0 saturated carbocycles. The lowest BCUT2D eigenvalue weighted by Gasteiger charge is -2.15. The van der Waals surface area contributed by atoms with E-state index in [4.69, 9.17) is 14.2 Å². The van der Waals surface area contributed by atoms with Crippen LogP contribution in [0, 0.1) is 0 Å². The maximum Gasteiger partial charge on any atom is 0.212 e. The van der Waals surface area contributed by atoms with E-state index < -0.39 is 0 Å². The molecule has 0 aromatic heterocycles. The molecule has 35 heavy (non-hydrogen) atoms. The van der Waals surface area contributed by atoms with Crippen LogP contribution >= 0.6 is 0 Å². The zero-order chi connectivity index (χ0) is 23.5. The van der Waals surface area contributed by atoms with Crippen molar-refractivity contribution in [2.75, 3.05) is 26.9 Å².